The van der Waals surface area contributed by atoms with Crippen molar-refractivity contribution in [1.82, 2.24) is 24.9 Å². The lowest BCUT2D eigenvalue weighted by atomic mass is 9.99. The molecule has 1 N–H and O–H groups in total. The van der Waals surface area contributed by atoms with E-state index in [1.165, 1.54) is 11.3 Å². The Balaban J connectivity index is 1.70. The molecule has 1 aliphatic heterocycles. The normalized spacial score (nSPS) is 23.1. The zero-order chi connectivity index (χ0) is 15.7. The van der Waals surface area contributed by atoms with Crippen LogP contribution in [0.2, 0.25) is 0 Å². The minimum atomic E-state index is 0.0915. The van der Waals surface area contributed by atoms with Gasteiger partial charge in [0.2, 0.25) is 0 Å². The van der Waals surface area contributed by atoms with Crippen LogP contribution in [0.5, 0.6) is 0 Å². The quantitative estimate of drug-likeness (QED) is 0.914. The molecule has 3 atom stereocenters. The predicted molar refractivity (Wildman–Crippen MR) is 84.6 cm³/mol. The Kier molecular flexibility index (Phi) is 4.31. The number of aromatic nitrogens is 4. The third-order valence-corrected chi connectivity index (χ3v) is 4.46. The average Bonchev–Trinajstić information content (AvgIpc) is 3.15. The van der Waals surface area contributed by atoms with E-state index in [9.17, 15) is 0 Å². The third kappa shape index (κ3) is 2.94. The molecule has 0 amide bonds. The van der Waals surface area contributed by atoms with Crippen LogP contribution in [0.1, 0.15) is 36.4 Å². The number of hydrogen-bond acceptors (Lipinski definition) is 4. The molecule has 1 fully saturated rings. The molecule has 6 nitrogen and oxygen atoms in total. The maximum Gasteiger partial charge on any atom is 0.101 e. The highest BCUT2D eigenvalue weighted by atomic mass is 16.5. The lowest BCUT2D eigenvalue weighted by Crippen LogP contribution is -2.40. The molecule has 3 rings (SSSR count). The lowest BCUT2D eigenvalue weighted by Gasteiger charge is -2.24. The van der Waals surface area contributed by atoms with E-state index >= 15 is 0 Å². The summed E-state index contributed by atoms with van der Waals surface area (Å²) in [4.78, 5) is 0. The summed E-state index contributed by atoms with van der Waals surface area (Å²) >= 11 is 0. The first-order chi connectivity index (χ1) is 10.6. The van der Waals surface area contributed by atoms with E-state index in [0.29, 0.717) is 12.1 Å². The molecule has 3 heterocycles. The van der Waals surface area contributed by atoms with Gasteiger partial charge in [-0.05, 0) is 33.3 Å². The van der Waals surface area contributed by atoms with Crippen molar-refractivity contribution in [3.05, 3.63) is 35.4 Å². The summed E-state index contributed by atoms with van der Waals surface area (Å²) in [5, 5.41) is 12.5. The second-order valence-electron chi connectivity index (χ2n) is 6.19. The maximum absolute atomic E-state index is 6.02. The molecule has 1 saturated heterocycles. The molecule has 2 aromatic heterocycles. The Labute approximate surface area is 131 Å². The van der Waals surface area contributed by atoms with Crippen LogP contribution in [0.15, 0.2) is 18.5 Å². The molecule has 0 aliphatic carbocycles. The van der Waals surface area contributed by atoms with Gasteiger partial charge in [-0.15, -0.1) is 0 Å². The monoisotopic (exact) mass is 303 g/mol. The predicted octanol–water partition coefficient (Wildman–Crippen LogP) is 1.74. The highest BCUT2D eigenvalue weighted by molar-refractivity contribution is 5.29. The zero-order valence-corrected chi connectivity index (χ0v) is 13.8. The number of hydrogen-bond donors (Lipinski definition) is 1. The van der Waals surface area contributed by atoms with Gasteiger partial charge in [-0.25, -0.2) is 0 Å². The van der Waals surface area contributed by atoms with Crippen molar-refractivity contribution in [2.75, 3.05) is 6.61 Å². The first-order valence-electron chi connectivity index (χ1n) is 7.91. The molecule has 0 spiro atoms. The summed E-state index contributed by atoms with van der Waals surface area (Å²) in [5.74, 6) is 0. The molecule has 0 radical (unpaired) electrons. The van der Waals surface area contributed by atoms with E-state index in [0.717, 1.165) is 25.3 Å². The van der Waals surface area contributed by atoms with Crippen molar-refractivity contribution in [1.29, 1.82) is 0 Å². The first-order valence-corrected chi connectivity index (χ1v) is 7.91. The standard InChI is InChI=1S/C16H25N5O/c1-11(10-21-8-5-7-17-21)18-14-6-9-22-16(14)15-12(2)19-20(4)13(15)3/h5,7-8,11,14,16,18H,6,9-10H2,1-4H3/t11?,14-,16-/m0/s1. The van der Waals surface area contributed by atoms with E-state index in [1.807, 2.05) is 34.9 Å². The highest BCUT2D eigenvalue weighted by Gasteiger charge is 2.34. The molecular weight excluding hydrogens is 278 g/mol. The molecule has 22 heavy (non-hydrogen) atoms. The first kappa shape index (κ1) is 15.2. The molecule has 1 aliphatic rings. The van der Waals surface area contributed by atoms with Crippen molar-refractivity contribution in [3.63, 3.8) is 0 Å². The molecule has 2 aromatic rings. The van der Waals surface area contributed by atoms with Crippen LogP contribution in [-0.2, 0) is 18.3 Å². The van der Waals surface area contributed by atoms with Crippen molar-refractivity contribution in [3.8, 4) is 0 Å². The molecule has 1 unspecified atom stereocenters. The van der Waals surface area contributed by atoms with Crippen LogP contribution >= 0.6 is 0 Å². The van der Waals surface area contributed by atoms with Crippen LogP contribution in [0, 0.1) is 13.8 Å². The summed E-state index contributed by atoms with van der Waals surface area (Å²) in [7, 11) is 1.99. The van der Waals surface area contributed by atoms with E-state index in [2.05, 4.69) is 36.3 Å². The molecular formula is C16H25N5O. The van der Waals surface area contributed by atoms with Gasteiger partial charge in [0.1, 0.15) is 6.10 Å². The highest BCUT2D eigenvalue weighted by Crippen LogP contribution is 2.33. The fourth-order valence-corrected chi connectivity index (χ4v) is 3.35. The minimum absolute atomic E-state index is 0.0915. The molecule has 120 valence electrons. The topological polar surface area (TPSA) is 56.9 Å². The van der Waals surface area contributed by atoms with Crippen LogP contribution in [-0.4, -0.2) is 38.3 Å². The summed E-state index contributed by atoms with van der Waals surface area (Å²) in [6.45, 7) is 8.03. The smallest absolute Gasteiger partial charge is 0.101 e. The number of nitrogens with zero attached hydrogens (tertiary/aromatic N) is 4. The van der Waals surface area contributed by atoms with E-state index in [1.54, 1.807) is 0 Å². The van der Waals surface area contributed by atoms with Gasteiger partial charge in [0.05, 0.1) is 12.2 Å². The van der Waals surface area contributed by atoms with Gasteiger partial charge in [0.25, 0.3) is 0 Å². The van der Waals surface area contributed by atoms with E-state index in [4.69, 9.17) is 4.74 Å². The zero-order valence-electron chi connectivity index (χ0n) is 13.8. The SMILES string of the molecule is Cc1nn(C)c(C)c1[C@H]1OCC[C@@H]1NC(C)Cn1cccn1. The van der Waals surface area contributed by atoms with E-state index < -0.39 is 0 Å². The molecule has 6 heteroatoms. The summed E-state index contributed by atoms with van der Waals surface area (Å²) in [5.41, 5.74) is 3.50. The Morgan fingerprint density at radius 2 is 2.27 bits per heavy atom. The fourth-order valence-electron chi connectivity index (χ4n) is 3.35. The minimum Gasteiger partial charge on any atom is -0.372 e. The van der Waals surface area contributed by atoms with Crippen LogP contribution in [0.3, 0.4) is 0 Å². The lowest BCUT2D eigenvalue weighted by molar-refractivity contribution is 0.0951. The van der Waals surface area contributed by atoms with Crippen LogP contribution in [0.25, 0.3) is 0 Å². The van der Waals surface area contributed by atoms with Gasteiger partial charge in [0.15, 0.2) is 0 Å². The van der Waals surface area contributed by atoms with Gasteiger partial charge in [0, 0.05) is 49.4 Å². The van der Waals surface area contributed by atoms with Crippen molar-refractivity contribution >= 4 is 0 Å². The largest absolute Gasteiger partial charge is 0.372 e. The van der Waals surface area contributed by atoms with Gasteiger partial charge < -0.3 is 10.1 Å². The summed E-state index contributed by atoms with van der Waals surface area (Å²) in [6.07, 6.45) is 4.93. The second-order valence-corrected chi connectivity index (χ2v) is 6.19. The van der Waals surface area contributed by atoms with Crippen LogP contribution in [0.4, 0.5) is 0 Å². The molecule has 0 aromatic carbocycles. The third-order valence-electron chi connectivity index (χ3n) is 4.46. The number of rotatable bonds is 5. The van der Waals surface area contributed by atoms with Crippen molar-refractivity contribution in [2.45, 2.75) is 51.9 Å². The average molecular weight is 303 g/mol. The maximum atomic E-state index is 6.02. The van der Waals surface area contributed by atoms with Crippen LogP contribution < -0.4 is 5.32 Å². The number of ether oxygens (including phenoxy) is 1. The fraction of sp³-hybridized carbons (Fsp3) is 0.625. The van der Waals surface area contributed by atoms with Crippen molar-refractivity contribution in [2.24, 2.45) is 7.05 Å². The molecule has 0 bridgehead atoms. The Morgan fingerprint density at radius 3 is 2.91 bits per heavy atom. The number of aryl methyl sites for hydroxylation is 2. The van der Waals surface area contributed by atoms with Gasteiger partial charge in [-0.2, -0.15) is 10.2 Å². The van der Waals surface area contributed by atoms with Gasteiger partial charge >= 0.3 is 0 Å². The molecule has 0 saturated carbocycles. The Bertz CT molecular complexity index is 619. The summed E-state index contributed by atoms with van der Waals surface area (Å²) < 4.78 is 9.93. The Hall–Kier alpha value is -1.66. The number of nitrogens with one attached hydrogen (secondary N) is 1. The summed E-state index contributed by atoms with van der Waals surface area (Å²) in [6, 6.07) is 2.62. The van der Waals surface area contributed by atoms with Gasteiger partial charge in [-0.3, -0.25) is 9.36 Å². The van der Waals surface area contributed by atoms with E-state index in [-0.39, 0.29) is 6.10 Å². The Morgan fingerprint density at radius 1 is 1.45 bits per heavy atom. The van der Waals surface area contributed by atoms with Crippen molar-refractivity contribution < 1.29 is 4.74 Å². The second kappa shape index (κ2) is 6.22. The van der Waals surface area contributed by atoms with Gasteiger partial charge in [-0.1, -0.05) is 0 Å².